The molecular weight excluding hydrogens is 302 g/mol. The molecule has 3 nitrogen and oxygen atoms in total. The number of hydrogen-bond donors (Lipinski definition) is 0. The van der Waals surface area contributed by atoms with Gasteiger partial charge in [-0.1, -0.05) is 41.1 Å². The maximum Gasteiger partial charge on any atom is 0.225 e. The van der Waals surface area contributed by atoms with E-state index in [0.29, 0.717) is 11.8 Å². The molecule has 0 unspecified atom stereocenters. The van der Waals surface area contributed by atoms with Crippen molar-refractivity contribution in [1.82, 2.24) is 14.8 Å². The number of halogens is 2. The molecule has 0 fully saturated rings. The molecule has 1 heterocycles. The van der Waals surface area contributed by atoms with Gasteiger partial charge in [-0.2, -0.15) is 0 Å². The Morgan fingerprint density at radius 2 is 2.06 bits per heavy atom. The summed E-state index contributed by atoms with van der Waals surface area (Å²) in [5.41, 5.74) is 1.17. The number of aromatic nitrogens is 3. The van der Waals surface area contributed by atoms with Crippen LogP contribution in [0.4, 0.5) is 0 Å². The number of benzene rings is 1. The smallest absolute Gasteiger partial charge is 0.225 e. The van der Waals surface area contributed by atoms with Crippen LogP contribution >= 0.6 is 27.5 Å². The molecule has 0 atom stereocenters. The molecule has 0 radical (unpaired) electrons. The van der Waals surface area contributed by atoms with Crippen LogP contribution in [0.3, 0.4) is 0 Å². The van der Waals surface area contributed by atoms with Crippen molar-refractivity contribution in [2.75, 3.05) is 0 Å². The van der Waals surface area contributed by atoms with Crippen LogP contribution in [0.15, 0.2) is 28.7 Å². The maximum atomic E-state index is 6.06. The molecule has 1 aromatic heterocycles. The molecule has 2 aromatic rings. The lowest BCUT2D eigenvalue weighted by Gasteiger charge is -2.08. The summed E-state index contributed by atoms with van der Waals surface area (Å²) >= 11 is 9.59. The van der Waals surface area contributed by atoms with Crippen LogP contribution in [0.25, 0.3) is 0 Å². The number of hydrogen-bond acceptors (Lipinski definition) is 2. The summed E-state index contributed by atoms with van der Waals surface area (Å²) < 4.78 is 3.03. The Bertz CT molecular complexity index is 510. The van der Waals surface area contributed by atoms with Gasteiger partial charge in [-0.05, 0) is 29.7 Å². The predicted octanol–water partition coefficient (Wildman–Crippen LogP) is 3.69. The molecule has 0 saturated heterocycles. The Labute approximate surface area is 114 Å². The SMILES string of the molecule is CCCc1nnc(Cl)n1Cc1ccccc1Br. The first-order valence-corrected chi connectivity index (χ1v) is 6.70. The fourth-order valence-corrected chi connectivity index (χ4v) is 2.28. The molecule has 90 valence electrons. The lowest BCUT2D eigenvalue weighted by atomic mass is 10.2. The van der Waals surface area contributed by atoms with Gasteiger partial charge in [0.1, 0.15) is 5.82 Å². The summed E-state index contributed by atoms with van der Waals surface area (Å²) in [6.45, 7) is 2.81. The highest BCUT2D eigenvalue weighted by atomic mass is 79.9. The van der Waals surface area contributed by atoms with E-state index in [9.17, 15) is 0 Å². The van der Waals surface area contributed by atoms with E-state index >= 15 is 0 Å². The van der Waals surface area contributed by atoms with Crippen LogP contribution in [0, 0.1) is 0 Å². The second-order valence-electron chi connectivity index (χ2n) is 3.81. The molecule has 0 aliphatic carbocycles. The minimum Gasteiger partial charge on any atom is -0.297 e. The van der Waals surface area contributed by atoms with Crippen molar-refractivity contribution in [2.24, 2.45) is 0 Å². The standard InChI is InChI=1S/C12H13BrClN3/c1-2-5-11-15-16-12(14)17(11)8-9-6-3-4-7-10(9)13/h3-4,6-7H,2,5,8H2,1H3. The summed E-state index contributed by atoms with van der Waals surface area (Å²) in [5, 5.41) is 8.47. The zero-order valence-electron chi connectivity index (χ0n) is 9.53. The van der Waals surface area contributed by atoms with Gasteiger partial charge in [0.25, 0.3) is 0 Å². The van der Waals surface area contributed by atoms with Gasteiger partial charge in [-0.25, -0.2) is 0 Å². The van der Waals surface area contributed by atoms with Gasteiger partial charge < -0.3 is 0 Å². The quantitative estimate of drug-likeness (QED) is 0.861. The molecule has 0 aliphatic heterocycles. The zero-order valence-corrected chi connectivity index (χ0v) is 11.9. The first-order valence-electron chi connectivity index (χ1n) is 5.53. The molecule has 17 heavy (non-hydrogen) atoms. The maximum absolute atomic E-state index is 6.06. The second-order valence-corrected chi connectivity index (χ2v) is 5.01. The third-order valence-corrected chi connectivity index (χ3v) is 3.60. The Balaban J connectivity index is 2.29. The fourth-order valence-electron chi connectivity index (χ4n) is 1.68. The van der Waals surface area contributed by atoms with Gasteiger partial charge in [0, 0.05) is 10.9 Å². The third kappa shape index (κ3) is 2.87. The molecule has 0 aliphatic rings. The van der Waals surface area contributed by atoms with Gasteiger partial charge in [0.05, 0.1) is 6.54 Å². The van der Waals surface area contributed by atoms with Gasteiger partial charge in [0.15, 0.2) is 0 Å². The molecule has 0 bridgehead atoms. The van der Waals surface area contributed by atoms with E-state index in [4.69, 9.17) is 11.6 Å². The van der Waals surface area contributed by atoms with E-state index < -0.39 is 0 Å². The normalized spacial score (nSPS) is 10.8. The van der Waals surface area contributed by atoms with Crippen LogP contribution < -0.4 is 0 Å². The van der Waals surface area contributed by atoms with Gasteiger partial charge in [0.2, 0.25) is 5.28 Å². The molecule has 0 amide bonds. The molecule has 0 spiro atoms. The monoisotopic (exact) mass is 313 g/mol. The average Bonchev–Trinajstić information content (AvgIpc) is 2.65. The number of nitrogens with zero attached hydrogens (tertiary/aromatic N) is 3. The van der Waals surface area contributed by atoms with Crippen molar-refractivity contribution in [2.45, 2.75) is 26.3 Å². The average molecular weight is 315 g/mol. The summed E-state index contributed by atoms with van der Waals surface area (Å²) in [6.07, 6.45) is 1.93. The Morgan fingerprint density at radius 3 is 2.76 bits per heavy atom. The Hall–Kier alpha value is -0.870. The van der Waals surface area contributed by atoms with E-state index in [0.717, 1.165) is 23.1 Å². The number of rotatable bonds is 4. The largest absolute Gasteiger partial charge is 0.297 e. The van der Waals surface area contributed by atoms with Crippen molar-refractivity contribution >= 4 is 27.5 Å². The lowest BCUT2D eigenvalue weighted by Crippen LogP contribution is -2.05. The van der Waals surface area contributed by atoms with Gasteiger partial charge in [-0.3, -0.25) is 4.57 Å². The summed E-state index contributed by atoms with van der Waals surface area (Å²) in [5.74, 6) is 0.938. The van der Waals surface area contributed by atoms with E-state index in [1.807, 2.05) is 22.8 Å². The van der Waals surface area contributed by atoms with Crippen LogP contribution in [-0.2, 0) is 13.0 Å². The highest BCUT2D eigenvalue weighted by molar-refractivity contribution is 9.10. The van der Waals surface area contributed by atoms with Crippen molar-refractivity contribution in [3.63, 3.8) is 0 Å². The highest BCUT2D eigenvalue weighted by Gasteiger charge is 2.10. The van der Waals surface area contributed by atoms with Gasteiger partial charge in [-0.15, -0.1) is 10.2 Å². The van der Waals surface area contributed by atoms with E-state index in [1.54, 1.807) is 0 Å². The Kier molecular flexibility index (Phi) is 4.18. The molecule has 1 aromatic carbocycles. The van der Waals surface area contributed by atoms with Crippen molar-refractivity contribution < 1.29 is 0 Å². The molecule has 5 heteroatoms. The van der Waals surface area contributed by atoms with Crippen LogP contribution in [0.2, 0.25) is 5.28 Å². The fraction of sp³-hybridized carbons (Fsp3) is 0.333. The lowest BCUT2D eigenvalue weighted by molar-refractivity contribution is 0.704. The molecular formula is C12H13BrClN3. The van der Waals surface area contributed by atoms with Crippen molar-refractivity contribution in [1.29, 1.82) is 0 Å². The molecule has 0 saturated carbocycles. The minimum atomic E-state index is 0.448. The third-order valence-electron chi connectivity index (χ3n) is 2.54. The zero-order chi connectivity index (χ0) is 12.3. The van der Waals surface area contributed by atoms with Crippen molar-refractivity contribution in [3.8, 4) is 0 Å². The first-order chi connectivity index (χ1) is 8.22. The predicted molar refractivity (Wildman–Crippen MR) is 72.3 cm³/mol. The van der Waals surface area contributed by atoms with Gasteiger partial charge >= 0.3 is 0 Å². The molecule has 0 N–H and O–H groups in total. The van der Waals surface area contributed by atoms with E-state index in [1.165, 1.54) is 5.56 Å². The summed E-state index contributed by atoms with van der Waals surface area (Å²) in [7, 11) is 0. The highest BCUT2D eigenvalue weighted by Crippen LogP contribution is 2.20. The summed E-state index contributed by atoms with van der Waals surface area (Å²) in [6, 6.07) is 8.09. The van der Waals surface area contributed by atoms with Crippen molar-refractivity contribution in [3.05, 3.63) is 45.4 Å². The second kappa shape index (κ2) is 5.65. The Morgan fingerprint density at radius 1 is 1.29 bits per heavy atom. The van der Waals surface area contributed by atoms with Crippen LogP contribution in [0.5, 0.6) is 0 Å². The molecule has 2 rings (SSSR count). The van der Waals surface area contributed by atoms with Crippen LogP contribution in [0.1, 0.15) is 24.7 Å². The van der Waals surface area contributed by atoms with E-state index in [-0.39, 0.29) is 0 Å². The topological polar surface area (TPSA) is 30.7 Å². The van der Waals surface area contributed by atoms with E-state index in [2.05, 4.69) is 39.1 Å². The van der Waals surface area contributed by atoms with Crippen LogP contribution in [-0.4, -0.2) is 14.8 Å². The summed E-state index contributed by atoms with van der Waals surface area (Å²) in [4.78, 5) is 0. The first kappa shape index (κ1) is 12.6. The minimum absolute atomic E-state index is 0.448. The number of aryl methyl sites for hydroxylation is 1.